The number of hydrogen-bond acceptors (Lipinski definition) is 5. The van der Waals surface area contributed by atoms with Gasteiger partial charge in [-0.25, -0.2) is 0 Å². The number of aromatic hydroxyl groups is 2. The Kier molecular flexibility index (Phi) is 9.13. The third kappa shape index (κ3) is 9.28. The van der Waals surface area contributed by atoms with Crippen LogP contribution in [-0.2, 0) is 0 Å². The number of phenolic OH excluding ortho intramolecular Hbond substituents is 2. The van der Waals surface area contributed by atoms with E-state index >= 15 is 0 Å². The molecule has 0 spiro atoms. The Bertz CT molecular complexity index is 208. The number of benzene rings is 1. The summed E-state index contributed by atoms with van der Waals surface area (Å²) >= 11 is 0. The summed E-state index contributed by atoms with van der Waals surface area (Å²) in [4.78, 5) is 0. The normalized spacial score (nSPS) is 7.62. The van der Waals surface area contributed by atoms with Gasteiger partial charge in [0.2, 0.25) is 0 Å². The van der Waals surface area contributed by atoms with Gasteiger partial charge >= 0.3 is 26.2 Å². The second kappa shape index (κ2) is 7.98. The van der Waals surface area contributed by atoms with E-state index in [2.05, 4.69) is 0 Å². The molecule has 0 aromatic heterocycles. The topological polar surface area (TPSA) is 101 Å². The maximum atomic E-state index is 8.67. The first-order valence-electron chi connectivity index (χ1n) is 3.05. The molecule has 1 aromatic carbocycles. The van der Waals surface area contributed by atoms with Gasteiger partial charge in [0.15, 0.2) is 11.5 Å². The van der Waals surface area contributed by atoms with Gasteiger partial charge in [-0.15, -0.1) is 0 Å². The summed E-state index contributed by atoms with van der Waals surface area (Å²) in [5.41, 5.74) is 0. The molecule has 0 amide bonds. The van der Waals surface area contributed by atoms with Crippen molar-refractivity contribution in [2.45, 2.75) is 0 Å². The molecule has 0 fully saturated rings. The van der Waals surface area contributed by atoms with Crippen LogP contribution in [0.15, 0.2) is 24.3 Å². The fraction of sp³-hybridized carbons (Fsp3) is 0. The van der Waals surface area contributed by atoms with Crippen LogP contribution in [0.2, 0.25) is 0 Å². The van der Waals surface area contributed by atoms with Crippen LogP contribution >= 0.6 is 0 Å². The molecular formula is C6H10BLiO5. The van der Waals surface area contributed by atoms with Crippen LogP contribution < -0.4 is 0 Å². The Hall–Kier alpha value is -0.638. The zero-order chi connectivity index (χ0) is 9.56. The summed E-state index contributed by atoms with van der Waals surface area (Å²) in [5, 5.41) is 38.8. The van der Waals surface area contributed by atoms with Gasteiger partial charge in [-0.1, -0.05) is 12.1 Å². The molecule has 0 radical (unpaired) electrons. The van der Waals surface area contributed by atoms with E-state index in [0.29, 0.717) is 0 Å². The van der Waals surface area contributed by atoms with Crippen molar-refractivity contribution < 1.29 is 25.3 Å². The third-order valence-corrected chi connectivity index (χ3v) is 0.882. The minimum absolute atomic E-state index is 0. The number of hydrogen-bond donors (Lipinski definition) is 5. The van der Waals surface area contributed by atoms with E-state index in [-0.39, 0.29) is 30.4 Å². The molecular weight excluding hydrogens is 170 g/mol. The molecule has 0 heterocycles. The Labute approximate surface area is 87.6 Å². The van der Waals surface area contributed by atoms with E-state index in [9.17, 15) is 0 Å². The summed E-state index contributed by atoms with van der Waals surface area (Å²) in [5.74, 6) is -0.153. The molecule has 7 heteroatoms. The summed E-state index contributed by atoms with van der Waals surface area (Å²) in [6, 6.07) is 6.15. The zero-order valence-corrected chi connectivity index (χ0v) is 6.12. The molecule has 1 aromatic rings. The van der Waals surface area contributed by atoms with E-state index in [1.165, 1.54) is 12.1 Å². The number of para-hydroxylation sites is 2. The first kappa shape index (κ1) is 14.9. The molecule has 0 aliphatic carbocycles. The minimum atomic E-state index is -2.17. The van der Waals surface area contributed by atoms with Gasteiger partial charge in [0.1, 0.15) is 0 Å². The van der Waals surface area contributed by atoms with Crippen LogP contribution in [0.1, 0.15) is 0 Å². The molecule has 0 unspecified atom stereocenters. The monoisotopic (exact) mass is 180 g/mol. The van der Waals surface area contributed by atoms with Crippen molar-refractivity contribution in [3.8, 4) is 11.5 Å². The maximum absolute atomic E-state index is 8.67. The Morgan fingerprint density at radius 2 is 1.08 bits per heavy atom. The fourth-order valence-corrected chi connectivity index (χ4v) is 0.464. The number of phenols is 2. The molecule has 5 nitrogen and oxygen atoms in total. The van der Waals surface area contributed by atoms with Gasteiger partial charge in [-0.05, 0) is 12.1 Å². The van der Waals surface area contributed by atoms with Crippen molar-refractivity contribution in [1.82, 2.24) is 0 Å². The predicted molar refractivity (Wildman–Crippen MR) is 49.3 cm³/mol. The van der Waals surface area contributed by atoms with Crippen molar-refractivity contribution in [2.75, 3.05) is 0 Å². The second-order valence-electron chi connectivity index (χ2n) is 1.84. The Morgan fingerprint density at radius 1 is 0.846 bits per heavy atom. The van der Waals surface area contributed by atoms with Crippen LogP contribution in [-0.4, -0.2) is 51.5 Å². The summed E-state index contributed by atoms with van der Waals surface area (Å²) in [7, 11) is -2.17. The molecule has 13 heavy (non-hydrogen) atoms. The van der Waals surface area contributed by atoms with E-state index in [1.807, 2.05) is 0 Å². The molecule has 0 saturated heterocycles. The van der Waals surface area contributed by atoms with Crippen LogP contribution in [0.3, 0.4) is 0 Å². The van der Waals surface area contributed by atoms with Crippen molar-refractivity contribution in [1.29, 1.82) is 0 Å². The Balaban J connectivity index is 0. The zero-order valence-electron chi connectivity index (χ0n) is 6.12. The van der Waals surface area contributed by atoms with Gasteiger partial charge in [0, 0.05) is 0 Å². The van der Waals surface area contributed by atoms with E-state index in [4.69, 9.17) is 25.3 Å². The van der Waals surface area contributed by atoms with Crippen molar-refractivity contribution in [3.63, 3.8) is 0 Å². The quantitative estimate of drug-likeness (QED) is 0.244. The molecule has 0 bridgehead atoms. The molecule has 0 atom stereocenters. The van der Waals surface area contributed by atoms with E-state index < -0.39 is 7.32 Å². The summed E-state index contributed by atoms with van der Waals surface area (Å²) < 4.78 is 0. The molecule has 0 saturated carbocycles. The number of rotatable bonds is 0. The van der Waals surface area contributed by atoms with E-state index in [0.717, 1.165) is 0 Å². The van der Waals surface area contributed by atoms with Crippen molar-refractivity contribution in [2.24, 2.45) is 0 Å². The van der Waals surface area contributed by atoms with Crippen LogP contribution in [0.4, 0.5) is 0 Å². The fourth-order valence-electron chi connectivity index (χ4n) is 0.464. The summed E-state index contributed by atoms with van der Waals surface area (Å²) in [6.07, 6.45) is 0. The predicted octanol–water partition coefficient (Wildman–Crippen LogP) is -1.60. The van der Waals surface area contributed by atoms with Gasteiger partial charge < -0.3 is 25.3 Å². The average Bonchev–Trinajstić information content (AvgIpc) is 1.94. The van der Waals surface area contributed by atoms with Crippen LogP contribution in [0.5, 0.6) is 11.5 Å². The first-order valence-corrected chi connectivity index (χ1v) is 3.05. The van der Waals surface area contributed by atoms with Crippen molar-refractivity contribution in [3.05, 3.63) is 24.3 Å². The molecule has 5 N–H and O–H groups in total. The van der Waals surface area contributed by atoms with Gasteiger partial charge in [0.05, 0.1) is 0 Å². The van der Waals surface area contributed by atoms with Crippen LogP contribution in [0, 0.1) is 0 Å². The van der Waals surface area contributed by atoms with Gasteiger partial charge in [0.25, 0.3) is 0 Å². The van der Waals surface area contributed by atoms with Crippen molar-refractivity contribution >= 4 is 26.2 Å². The third-order valence-electron chi connectivity index (χ3n) is 0.882. The molecule has 0 aliphatic rings. The SMILES string of the molecule is OB(O)O.Oc1ccccc1O.[LiH]. The molecule has 68 valence electrons. The standard InChI is InChI=1S/C6H6O2.BH3O3.Li.H/c7-5-3-1-2-4-6(5)8;2-1(3)4;;/h1-4,7-8H;2-4H;;. The van der Waals surface area contributed by atoms with E-state index in [1.54, 1.807) is 12.1 Å². The molecule has 0 aliphatic heterocycles. The van der Waals surface area contributed by atoms with Gasteiger partial charge in [-0.2, -0.15) is 0 Å². The first-order chi connectivity index (χ1) is 5.54. The summed E-state index contributed by atoms with van der Waals surface area (Å²) in [6.45, 7) is 0. The Morgan fingerprint density at radius 3 is 1.23 bits per heavy atom. The second-order valence-corrected chi connectivity index (χ2v) is 1.84. The average molecular weight is 180 g/mol. The van der Waals surface area contributed by atoms with Gasteiger partial charge in [-0.3, -0.25) is 0 Å². The molecule has 1 rings (SSSR count). The van der Waals surface area contributed by atoms with Crippen LogP contribution in [0.25, 0.3) is 0 Å².